The van der Waals surface area contributed by atoms with E-state index in [1.54, 1.807) is 18.9 Å². The maximum absolute atomic E-state index is 5.14. The first-order chi connectivity index (χ1) is 6.86. The lowest BCUT2D eigenvalue weighted by molar-refractivity contribution is 0.414. The van der Waals surface area contributed by atoms with Crippen LogP contribution >= 0.6 is 49.0 Å². The second kappa shape index (κ2) is 9.93. The highest BCUT2D eigenvalue weighted by Crippen LogP contribution is 2.20. The van der Waals surface area contributed by atoms with Gasteiger partial charge in [-0.1, -0.05) is 5.92 Å². The van der Waals surface area contributed by atoms with Gasteiger partial charge in [-0.3, -0.25) is 0 Å². The fourth-order valence-electron chi connectivity index (χ4n) is 0.797. The number of methoxy groups -OCH3 is 1. The summed E-state index contributed by atoms with van der Waals surface area (Å²) in [6.45, 7) is 0. The third-order valence-electron chi connectivity index (χ3n) is 1.38. The zero-order chi connectivity index (χ0) is 10.8. The Morgan fingerprint density at radius 3 is 2.36 bits per heavy atom. The Bertz CT molecular complexity index is 279. The highest BCUT2D eigenvalue weighted by Gasteiger charge is 1.92. The van der Waals surface area contributed by atoms with Crippen molar-refractivity contribution in [1.29, 1.82) is 0 Å². The van der Waals surface area contributed by atoms with Crippen molar-refractivity contribution in [2.24, 2.45) is 0 Å². The minimum Gasteiger partial charge on any atom is -0.497 e. The smallest absolute Gasteiger partial charge is 0.118 e. The Labute approximate surface area is 113 Å². The van der Waals surface area contributed by atoms with Crippen LogP contribution in [-0.4, -0.2) is 12.9 Å². The number of benzene rings is 1. The van der Waals surface area contributed by atoms with Crippen molar-refractivity contribution in [2.45, 2.75) is 4.90 Å². The minimum absolute atomic E-state index is 0.715. The third-order valence-corrected chi connectivity index (χ3v) is 2.30. The second-order valence-corrected chi connectivity index (χ2v) is 3.22. The molecule has 0 aliphatic heterocycles. The van der Waals surface area contributed by atoms with E-state index in [4.69, 9.17) is 11.2 Å². The lowest BCUT2D eigenvalue weighted by Crippen LogP contribution is -1.81. The molecule has 0 N–H and O–H groups in total. The monoisotopic (exact) mass is 432 g/mol. The highest BCUT2D eigenvalue weighted by molar-refractivity contribution is 15.0. The average Bonchev–Trinajstić information content (AvgIpc) is 2.30. The van der Waals surface area contributed by atoms with E-state index in [1.165, 1.54) is 4.90 Å². The summed E-state index contributed by atoms with van der Waals surface area (Å²) in [7, 11) is 1.66. The van der Waals surface area contributed by atoms with E-state index in [-0.39, 0.29) is 0 Å². The Morgan fingerprint density at radius 1 is 1.36 bits per heavy atom. The summed E-state index contributed by atoms with van der Waals surface area (Å²) in [4.78, 5) is 1.17. The molecule has 0 aliphatic carbocycles. The molecule has 0 bridgehead atoms. The number of ether oxygens (including phenoxy) is 1. The molecule has 0 amide bonds. The molecule has 0 radical (unpaired) electrons. The molecule has 1 rings (SSSR count). The number of halogens is 2. The topological polar surface area (TPSA) is 9.23 Å². The molecule has 0 spiro atoms. The van der Waals surface area contributed by atoms with Gasteiger partial charge in [0, 0.05) is 42.1 Å². The number of rotatable bonds is 3. The van der Waals surface area contributed by atoms with E-state index >= 15 is 0 Å². The molecule has 0 aliphatic rings. The maximum atomic E-state index is 5.14. The van der Waals surface area contributed by atoms with Crippen LogP contribution in [0.25, 0.3) is 0 Å². The molecule has 1 aromatic carbocycles. The molecule has 0 unspecified atom stereocenters. The third kappa shape index (κ3) is 5.98. The van der Waals surface area contributed by atoms with Crippen molar-refractivity contribution < 1.29 is 4.74 Å². The Balaban J connectivity index is 0.000000791. The molecule has 0 heterocycles. The van der Waals surface area contributed by atoms with E-state index in [0.29, 0.717) is 5.75 Å². The van der Waals surface area contributed by atoms with Gasteiger partial charge in [-0.25, -0.2) is 0 Å². The second-order valence-electron chi connectivity index (χ2n) is 2.17. The molecule has 1 nitrogen and oxygen atoms in total. The van der Waals surface area contributed by atoms with E-state index in [2.05, 4.69) is 43.2 Å². The fraction of sp³-hybridized carbons (Fsp3) is 0.200. The Morgan fingerprint density at radius 2 is 1.93 bits per heavy atom. The molecule has 76 valence electrons. The number of terminal acetylenes is 1. The van der Waals surface area contributed by atoms with Crippen LogP contribution in [0.4, 0.5) is 0 Å². The number of hydrogen-bond donors (Lipinski definition) is 0. The van der Waals surface area contributed by atoms with E-state index in [9.17, 15) is 0 Å². The normalized spacial score (nSPS) is 8.14. The minimum atomic E-state index is 0.715. The quantitative estimate of drug-likeness (QED) is 0.403. The van der Waals surface area contributed by atoms with Crippen molar-refractivity contribution in [3.63, 3.8) is 0 Å². The van der Waals surface area contributed by atoms with Gasteiger partial charge in [0.25, 0.3) is 0 Å². The van der Waals surface area contributed by atoms with Gasteiger partial charge in [0.1, 0.15) is 5.75 Å². The molecule has 1 aromatic rings. The van der Waals surface area contributed by atoms with Crippen LogP contribution < -0.4 is 4.74 Å². The predicted molar refractivity (Wildman–Crippen MR) is 80.6 cm³/mol. The van der Waals surface area contributed by atoms with Crippen LogP contribution in [0.1, 0.15) is 0 Å². The average molecular weight is 432 g/mol. The molecule has 0 saturated carbocycles. The zero-order valence-corrected chi connectivity index (χ0v) is 12.8. The highest BCUT2D eigenvalue weighted by atomic mass is 128. The molecule has 0 atom stereocenters. The van der Waals surface area contributed by atoms with Gasteiger partial charge in [-0.2, -0.15) is 0 Å². The zero-order valence-electron chi connectivity index (χ0n) is 7.67. The SMILES string of the molecule is C#CCSc1ccc(OC)cc1.II. The summed E-state index contributed by atoms with van der Waals surface area (Å²) < 4.78 is 5.02. The molecule has 0 fully saturated rings. The largest absolute Gasteiger partial charge is 0.497 e. The lowest BCUT2D eigenvalue weighted by atomic mass is 10.3. The van der Waals surface area contributed by atoms with Gasteiger partial charge in [0.2, 0.25) is 0 Å². The van der Waals surface area contributed by atoms with E-state index in [0.717, 1.165) is 5.75 Å². The molecule has 14 heavy (non-hydrogen) atoms. The van der Waals surface area contributed by atoms with Gasteiger partial charge in [0.15, 0.2) is 0 Å². The van der Waals surface area contributed by atoms with Crippen LogP contribution in [0.5, 0.6) is 5.75 Å². The Kier molecular flexibility index (Phi) is 10.2. The first-order valence-electron chi connectivity index (χ1n) is 3.71. The molecular weight excluding hydrogens is 422 g/mol. The van der Waals surface area contributed by atoms with Crippen molar-refractivity contribution in [3.8, 4) is 18.1 Å². The van der Waals surface area contributed by atoms with Crippen LogP contribution in [0.15, 0.2) is 29.2 Å². The fourth-order valence-corrected chi connectivity index (χ4v) is 1.38. The van der Waals surface area contributed by atoms with Crippen molar-refractivity contribution >= 4 is 49.0 Å². The first kappa shape index (κ1) is 14.4. The summed E-state index contributed by atoms with van der Waals surface area (Å²) in [5.41, 5.74) is 0. The molecule has 0 aromatic heterocycles. The van der Waals surface area contributed by atoms with Crippen LogP contribution in [-0.2, 0) is 0 Å². The standard InChI is InChI=1S/C10H10OS.I2/c1-3-8-12-10-6-4-9(11-2)5-7-10;1-2/h1,4-7H,8H2,2H3;. The van der Waals surface area contributed by atoms with Crippen LogP contribution in [0, 0.1) is 12.3 Å². The lowest BCUT2D eigenvalue weighted by Gasteiger charge is -2.00. The van der Waals surface area contributed by atoms with Gasteiger partial charge in [-0.15, -0.1) is 18.2 Å². The Hall–Kier alpha value is 0.390. The molecule has 0 saturated heterocycles. The first-order valence-corrected chi connectivity index (χ1v) is 11.0. The number of hydrogen-bond acceptors (Lipinski definition) is 2. The van der Waals surface area contributed by atoms with E-state index in [1.807, 2.05) is 24.3 Å². The summed E-state index contributed by atoms with van der Waals surface area (Å²) in [6, 6.07) is 7.86. The molecular formula is C10H10I2OS. The van der Waals surface area contributed by atoms with Gasteiger partial charge in [-0.05, 0) is 24.3 Å². The maximum Gasteiger partial charge on any atom is 0.118 e. The van der Waals surface area contributed by atoms with Crippen LogP contribution in [0.3, 0.4) is 0 Å². The van der Waals surface area contributed by atoms with E-state index < -0.39 is 0 Å². The van der Waals surface area contributed by atoms with Crippen molar-refractivity contribution in [2.75, 3.05) is 12.9 Å². The van der Waals surface area contributed by atoms with Crippen LogP contribution in [0.2, 0.25) is 0 Å². The van der Waals surface area contributed by atoms with Crippen molar-refractivity contribution in [3.05, 3.63) is 24.3 Å². The summed E-state index contributed by atoms with van der Waals surface area (Å²) in [5, 5.41) is 0. The summed E-state index contributed by atoms with van der Waals surface area (Å²) in [6.07, 6.45) is 5.14. The van der Waals surface area contributed by atoms with Gasteiger partial charge in [0.05, 0.1) is 12.9 Å². The number of thioether (sulfide) groups is 1. The molecule has 4 heteroatoms. The van der Waals surface area contributed by atoms with Crippen molar-refractivity contribution in [1.82, 2.24) is 0 Å². The summed E-state index contributed by atoms with van der Waals surface area (Å²) >= 11 is 5.89. The van der Waals surface area contributed by atoms with Gasteiger partial charge < -0.3 is 4.74 Å². The summed E-state index contributed by atoms with van der Waals surface area (Å²) in [5.74, 6) is 4.17. The predicted octanol–water partition coefficient (Wildman–Crippen LogP) is 4.19. The van der Waals surface area contributed by atoms with Gasteiger partial charge >= 0.3 is 0 Å².